The van der Waals surface area contributed by atoms with Crippen molar-refractivity contribution >= 4 is 74.7 Å². The number of esters is 1. The molecule has 7 rings (SSSR count). The molecule has 4 aliphatic heterocycles. The number of methoxy groups -OCH3 is 1. The van der Waals surface area contributed by atoms with Crippen LogP contribution in [0, 0.1) is 25.7 Å². The number of fused-ring (bicyclic) bond motifs is 2. The Labute approximate surface area is 250 Å². The van der Waals surface area contributed by atoms with E-state index in [0.717, 1.165) is 72.7 Å². The molecular weight excluding hydrogens is 619 g/mol. The van der Waals surface area contributed by atoms with Crippen LogP contribution in [0.3, 0.4) is 0 Å². The van der Waals surface area contributed by atoms with Gasteiger partial charge in [-0.2, -0.15) is 0 Å². The fraction of sp³-hybridized carbons (Fsp3) is 0.333. The number of ether oxygens (including phenoxy) is 1. The minimum absolute atomic E-state index is 0.0294. The Morgan fingerprint density at radius 3 is 2.61 bits per heavy atom. The summed E-state index contributed by atoms with van der Waals surface area (Å²) in [5.41, 5.74) is 13.5. The number of aliphatic imine (C=N–C) groups is 2. The van der Waals surface area contributed by atoms with Gasteiger partial charge in [0, 0.05) is 0 Å². The molecule has 206 valence electrons. The summed E-state index contributed by atoms with van der Waals surface area (Å²) in [6.07, 6.45) is 9.92. The maximum absolute atomic E-state index is 13.8. The summed E-state index contributed by atoms with van der Waals surface area (Å²) in [6, 6.07) is 0. The Balaban J connectivity index is 1.64. The van der Waals surface area contributed by atoms with Crippen LogP contribution in [-0.4, -0.2) is 57.6 Å². The van der Waals surface area contributed by atoms with Gasteiger partial charge in [0.1, 0.15) is 0 Å². The number of allylic oxidation sites excluding steroid dienone is 4. The molecule has 7 nitrogen and oxygen atoms in total. The quantitative estimate of drug-likeness (QED) is 0.369. The van der Waals surface area contributed by atoms with Crippen molar-refractivity contribution in [3.8, 4) is 0 Å². The van der Waals surface area contributed by atoms with Crippen LogP contribution in [0.15, 0.2) is 39.1 Å². The fourth-order valence-electron chi connectivity index (χ4n) is 7.03. The molecule has 0 N–H and O–H groups in total. The third-order valence-electron chi connectivity index (χ3n) is 9.58. The predicted octanol–water partition coefficient (Wildman–Crippen LogP) is 4.16. The number of Topliss-reactive ketones (excluding diaryl/α,β-unsaturated/α-hetero) is 1. The topological polar surface area (TPSA) is 77.9 Å². The number of hydrogen-bond acceptors (Lipinski definition) is 5. The Hall–Kier alpha value is -3.46. The SMILES string of the molecule is C=Cc1c(C)c2[n]3c1=CC1=NC(=Cc4c(C)c5c([n]4[Sn]3)C(=C3N=C(C=2)C(C)C3CCC(=O)OC)CC5=O)C(C)=C1C. The minimum atomic E-state index is -1.60. The molecule has 6 heterocycles. The molecule has 2 atom stereocenters. The van der Waals surface area contributed by atoms with E-state index in [9.17, 15) is 9.59 Å². The summed E-state index contributed by atoms with van der Waals surface area (Å²) in [7, 11) is 1.43. The van der Waals surface area contributed by atoms with Gasteiger partial charge in [0.05, 0.1) is 0 Å². The molecule has 0 fully saturated rings. The van der Waals surface area contributed by atoms with E-state index in [-0.39, 0.29) is 23.6 Å². The summed E-state index contributed by atoms with van der Waals surface area (Å²) < 4.78 is 9.96. The van der Waals surface area contributed by atoms with Gasteiger partial charge in [0.15, 0.2) is 0 Å². The number of hydrogen-bond donors (Lipinski definition) is 0. The molecule has 0 aromatic carbocycles. The molecule has 2 aromatic rings. The second-order valence-electron chi connectivity index (χ2n) is 11.6. The summed E-state index contributed by atoms with van der Waals surface area (Å²) >= 11 is -1.60. The molecule has 8 heteroatoms. The maximum atomic E-state index is 13.8. The monoisotopic (exact) mass is 652 g/mol. The van der Waals surface area contributed by atoms with Crippen LogP contribution in [0.1, 0.15) is 78.5 Å². The Kier molecular flexibility index (Phi) is 5.98. The number of carbonyl (C=O) groups excluding carboxylic acids is 2. The van der Waals surface area contributed by atoms with Crippen molar-refractivity contribution in [2.24, 2.45) is 21.8 Å². The van der Waals surface area contributed by atoms with Gasteiger partial charge < -0.3 is 0 Å². The normalized spacial score (nSPS) is 21.8. The first-order chi connectivity index (χ1) is 19.6. The van der Waals surface area contributed by atoms with Crippen molar-refractivity contribution < 1.29 is 14.3 Å². The molecule has 5 aliphatic rings. The average molecular weight is 651 g/mol. The number of carbonyl (C=O) groups is 2. The molecule has 6 bridgehead atoms. The van der Waals surface area contributed by atoms with Crippen molar-refractivity contribution in [3.05, 3.63) is 73.5 Å². The van der Waals surface area contributed by atoms with Crippen molar-refractivity contribution in [1.82, 2.24) is 5.58 Å². The van der Waals surface area contributed by atoms with Gasteiger partial charge >= 0.3 is 251 Å². The zero-order valence-electron chi connectivity index (χ0n) is 24.3. The average Bonchev–Trinajstić information content (AvgIpc) is 3.67. The molecule has 0 spiro atoms. The molecule has 1 aliphatic carbocycles. The van der Waals surface area contributed by atoms with Gasteiger partial charge in [-0.05, 0) is 0 Å². The van der Waals surface area contributed by atoms with Crippen LogP contribution < -0.4 is 10.7 Å². The van der Waals surface area contributed by atoms with E-state index in [1.807, 2.05) is 6.08 Å². The Bertz CT molecular complexity index is 1940. The van der Waals surface area contributed by atoms with E-state index in [4.69, 9.17) is 14.7 Å². The van der Waals surface area contributed by atoms with Crippen molar-refractivity contribution in [3.63, 3.8) is 0 Å². The summed E-state index contributed by atoms with van der Waals surface area (Å²) in [4.78, 5) is 36.3. The summed E-state index contributed by atoms with van der Waals surface area (Å²) in [6.45, 7) is 14.9. The third kappa shape index (κ3) is 3.63. The van der Waals surface area contributed by atoms with E-state index in [1.165, 1.54) is 18.2 Å². The van der Waals surface area contributed by atoms with Gasteiger partial charge in [-0.3, -0.25) is 0 Å². The van der Waals surface area contributed by atoms with Crippen LogP contribution in [0.2, 0.25) is 0 Å². The zero-order chi connectivity index (χ0) is 28.9. The van der Waals surface area contributed by atoms with E-state index < -0.39 is 21.7 Å². The van der Waals surface area contributed by atoms with Crippen LogP contribution in [0.4, 0.5) is 0 Å². The van der Waals surface area contributed by atoms with E-state index >= 15 is 0 Å². The molecule has 0 amide bonds. The second kappa shape index (κ2) is 9.27. The zero-order valence-corrected chi connectivity index (χ0v) is 27.2. The predicted molar refractivity (Wildman–Crippen MR) is 164 cm³/mol. The molecule has 2 unspecified atom stereocenters. The number of aromatic nitrogens is 2. The van der Waals surface area contributed by atoms with Crippen molar-refractivity contribution in [1.29, 1.82) is 0 Å². The molecule has 2 aromatic heterocycles. The van der Waals surface area contributed by atoms with Gasteiger partial charge in [0.25, 0.3) is 0 Å². The molecule has 2 radical (unpaired) electrons. The number of ketones is 1. The Morgan fingerprint density at radius 1 is 1.10 bits per heavy atom. The van der Waals surface area contributed by atoms with E-state index in [0.29, 0.717) is 19.3 Å². The third-order valence-corrected chi connectivity index (χ3v) is 13.4. The van der Waals surface area contributed by atoms with Crippen LogP contribution in [0.5, 0.6) is 0 Å². The van der Waals surface area contributed by atoms with Crippen molar-refractivity contribution in [2.75, 3.05) is 7.11 Å². The molecular formula is C33H32N4O3Sn. The number of nitrogens with zero attached hydrogens (tertiary/aromatic N) is 4. The molecule has 41 heavy (non-hydrogen) atoms. The standard InChI is InChI=1S/C33H33N4O3.Sn/c1-8-20-17(4)25-13-26-18(5)21(9-10-30(39)40-7)32(36-26)22-11-29(38)31-19(6)27(37-33(22)31)12-23-15(2)16(3)24(34-23)14-28(20)35-25;/h8,12-14,18,21H,1,9-11H2,2-7H3,(H-,34,35,36,37,38);/q-1;+2/p-1. The Morgan fingerprint density at radius 2 is 1.88 bits per heavy atom. The fourth-order valence-corrected chi connectivity index (χ4v) is 11.4. The van der Waals surface area contributed by atoms with E-state index in [2.05, 4.69) is 65.0 Å². The summed E-state index contributed by atoms with van der Waals surface area (Å²) in [5.74, 6) is 0.0620. The van der Waals surface area contributed by atoms with Crippen LogP contribution in [-0.2, 0) is 9.53 Å². The van der Waals surface area contributed by atoms with Crippen LogP contribution in [0.25, 0.3) is 29.9 Å². The summed E-state index contributed by atoms with van der Waals surface area (Å²) in [5, 5.41) is 2.27. The van der Waals surface area contributed by atoms with Crippen LogP contribution >= 0.6 is 0 Å². The van der Waals surface area contributed by atoms with Gasteiger partial charge in [0.2, 0.25) is 0 Å². The van der Waals surface area contributed by atoms with Gasteiger partial charge in [-0.1, -0.05) is 0 Å². The first kappa shape index (κ1) is 26.4. The van der Waals surface area contributed by atoms with Gasteiger partial charge in [-0.25, -0.2) is 0 Å². The first-order valence-corrected chi connectivity index (χ1v) is 16.7. The first-order valence-electron chi connectivity index (χ1n) is 14.1. The molecule has 0 saturated carbocycles. The van der Waals surface area contributed by atoms with Crippen molar-refractivity contribution in [2.45, 2.75) is 53.9 Å². The number of rotatable bonds is 4. The van der Waals surface area contributed by atoms with E-state index in [1.54, 1.807) is 0 Å². The molecule has 0 saturated heterocycles. The second-order valence-corrected chi connectivity index (χ2v) is 14.7. The van der Waals surface area contributed by atoms with Gasteiger partial charge in [-0.15, -0.1) is 0 Å².